The van der Waals surface area contributed by atoms with E-state index in [9.17, 15) is 4.79 Å². The van der Waals surface area contributed by atoms with Gasteiger partial charge in [0.1, 0.15) is 12.4 Å². The number of nitrogens with two attached hydrogens (primary N) is 1. The molecule has 1 heterocycles. The molecular formula is C13H14N4O. The Morgan fingerprint density at radius 3 is 2.72 bits per heavy atom. The van der Waals surface area contributed by atoms with Crippen molar-refractivity contribution < 1.29 is 4.79 Å². The molecule has 0 spiro atoms. The SMILES string of the molecule is N[C@H](C(=O)NCc1ccncn1)c1ccccc1. The van der Waals surface area contributed by atoms with Gasteiger partial charge in [0.15, 0.2) is 0 Å². The van der Waals surface area contributed by atoms with Crippen molar-refractivity contribution in [1.29, 1.82) is 0 Å². The molecule has 1 aromatic carbocycles. The van der Waals surface area contributed by atoms with Crippen molar-refractivity contribution in [2.75, 3.05) is 0 Å². The zero-order chi connectivity index (χ0) is 12.8. The van der Waals surface area contributed by atoms with E-state index in [1.807, 2.05) is 30.3 Å². The number of hydrogen-bond acceptors (Lipinski definition) is 4. The predicted octanol–water partition coefficient (Wildman–Crippen LogP) is 0.793. The number of benzene rings is 1. The van der Waals surface area contributed by atoms with Crippen LogP contribution in [0, 0.1) is 0 Å². The highest BCUT2D eigenvalue weighted by Crippen LogP contribution is 2.09. The Morgan fingerprint density at radius 2 is 2.06 bits per heavy atom. The summed E-state index contributed by atoms with van der Waals surface area (Å²) in [6.45, 7) is 0.349. The molecule has 0 aliphatic heterocycles. The summed E-state index contributed by atoms with van der Waals surface area (Å²) in [4.78, 5) is 19.7. The van der Waals surface area contributed by atoms with Gasteiger partial charge in [-0.1, -0.05) is 30.3 Å². The van der Waals surface area contributed by atoms with Gasteiger partial charge in [-0.25, -0.2) is 9.97 Å². The van der Waals surface area contributed by atoms with E-state index in [1.165, 1.54) is 6.33 Å². The van der Waals surface area contributed by atoms with E-state index in [0.29, 0.717) is 6.54 Å². The molecule has 0 aliphatic carbocycles. The Kier molecular flexibility index (Phi) is 3.98. The second-order valence-corrected chi connectivity index (χ2v) is 3.81. The van der Waals surface area contributed by atoms with Crippen LogP contribution in [0.2, 0.25) is 0 Å². The minimum absolute atomic E-state index is 0.222. The fraction of sp³-hybridized carbons (Fsp3) is 0.154. The highest BCUT2D eigenvalue weighted by molar-refractivity contribution is 5.82. The molecule has 1 atom stereocenters. The van der Waals surface area contributed by atoms with E-state index < -0.39 is 6.04 Å². The molecule has 92 valence electrons. The first kappa shape index (κ1) is 12.2. The topological polar surface area (TPSA) is 80.9 Å². The number of rotatable bonds is 4. The first-order valence-electron chi connectivity index (χ1n) is 5.60. The Labute approximate surface area is 105 Å². The highest BCUT2D eigenvalue weighted by Gasteiger charge is 2.14. The van der Waals surface area contributed by atoms with Gasteiger partial charge in [-0.15, -0.1) is 0 Å². The van der Waals surface area contributed by atoms with Crippen molar-refractivity contribution in [1.82, 2.24) is 15.3 Å². The van der Waals surface area contributed by atoms with Crippen molar-refractivity contribution in [3.63, 3.8) is 0 Å². The molecule has 0 radical (unpaired) electrons. The molecule has 1 aromatic heterocycles. The maximum atomic E-state index is 11.8. The molecule has 0 aliphatic rings. The summed E-state index contributed by atoms with van der Waals surface area (Å²) < 4.78 is 0. The molecule has 0 saturated carbocycles. The van der Waals surface area contributed by atoms with Crippen molar-refractivity contribution >= 4 is 5.91 Å². The molecular weight excluding hydrogens is 228 g/mol. The molecule has 2 rings (SSSR count). The van der Waals surface area contributed by atoms with E-state index in [4.69, 9.17) is 5.73 Å². The third kappa shape index (κ3) is 3.11. The van der Waals surface area contributed by atoms with Gasteiger partial charge in [0.2, 0.25) is 5.91 Å². The normalized spacial score (nSPS) is 11.8. The Balaban J connectivity index is 1.93. The molecule has 5 heteroatoms. The number of nitrogens with one attached hydrogen (secondary N) is 1. The molecule has 3 N–H and O–H groups in total. The molecule has 0 saturated heterocycles. The molecule has 0 fully saturated rings. The van der Waals surface area contributed by atoms with Crippen molar-refractivity contribution in [3.05, 3.63) is 60.2 Å². The van der Waals surface area contributed by atoms with Gasteiger partial charge < -0.3 is 11.1 Å². The fourth-order valence-corrected chi connectivity index (χ4v) is 1.52. The van der Waals surface area contributed by atoms with Gasteiger partial charge in [0.05, 0.1) is 12.2 Å². The lowest BCUT2D eigenvalue weighted by atomic mass is 10.1. The van der Waals surface area contributed by atoms with Crippen LogP contribution in [0.3, 0.4) is 0 Å². The van der Waals surface area contributed by atoms with Crippen molar-refractivity contribution in [2.24, 2.45) is 5.73 Å². The smallest absolute Gasteiger partial charge is 0.241 e. The first-order valence-corrected chi connectivity index (χ1v) is 5.60. The van der Waals surface area contributed by atoms with E-state index in [2.05, 4.69) is 15.3 Å². The lowest BCUT2D eigenvalue weighted by Gasteiger charge is -2.12. The number of carbonyl (C=O) groups is 1. The van der Waals surface area contributed by atoms with Gasteiger partial charge >= 0.3 is 0 Å². The van der Waals surface area contributed by atoms with E-state index in [1.54, 1.807) is 12.3 Å². The number of nitrogens with zero attached hydrogens (tertiary/aromatic N) is 2. The Bertz CT molecular complexity index is 501. The van der Waals surface area contributed by atoms with Gasteiger partial charge in [-0.05, 0) is 11.6 Å². The Hall–Kier alpha value is -2.27. The summed E-state index contributed by atoms with van der Waals surface area (Å²) in [5.41, 5.74) is 7.40. The van der Waals surface area contributed by atoms with Gasteiger partial charge in [0, 0.05) is 6.20 Å². The van der Waals surface area contributed by atoms with Crippen LogP contribution < -0.4 is 11.1 Å². The zero-order valence-corrected chi connectivity index (χ0v) is 9.78. The maximum absolute atomic E-state index is 11.8. The van der Waals surface area contributed by atoms with Crippen LogP contribution in [0.1, 0.15) is 17.3 Å². The fourth-order valence-electron chi connectivity index (χ4n) is 1.52. The number of aromatic nitrogens is 2. The van der Waals surface area contributed by atoms with Crippen molar-refractivity contribution in [3.8, 4) is 0 Å². The van der Waals surface area contributed by atoms with Gasteiger partial charge in [0.25, 0.3) is 0 Å². The molecule has 18 heavy (non-hydrogen) atoms. The van der Waals surface area contributed by atoms with E-state index in [-0.39, 0.29) is 5.91 Å². The quantitative estimate of drug-likeness (QED) is 0.830. The summed E-state index contributed by atoms with van der Waals surface area (Å²) in [5, 5.41) is 2.74. The van der Waals surface area contributed by atoms with Crippen LogP contribution in [-0.4, -0.2) is 15.9 Å². The Morgan fingerprint density at radius 1 is 1.28 bits per heavy atom. The van der Waals surface area contributed by atoms with Crippen LogP contribution in [0.25, 0.3) is 0 Å². The summed E-state index contributed by atoms with van der Waals surface area (Å²) in [6.07, 6.45) is 3.07. The van der Waals surface area contributed by atoms with Gasteiger partial charge in [-0.3, -0.25) is 4.79 Å². The third-order valence-corrected chi connectivity index (χ3v) is 2.53. The number of carbonyl (C=O) groups excluding carboxylic acids is 1. The minimum atomic E-state index is -0.659. The lowest BCUT2D eigenvalue weighted by molar-refractivity contribution is -0.122. The molecule has 5 nitrogen and oxygen atoms in total. The van der Waals surface area contributed by atoms with Crippen molar-refractivity contribution in [2.45, 2.75) is 12.6 Å². The highest BCUT2D eigenvalue weighted by atomic mass is 16.2. The summed E-state index contributed by atoms with van der Waals surface area (Å²) in [7, 11) is 0. The number of amides is 1. The number of hydrogen-bond donors (Lipinski definition) is 2. The molecule has 1 amide bonds. The predicted molar refractivity (Wildman–Crippen MR) is 67.2 cm³/mol. The first-order chi connectivity index (χ1) is 8.77. The second kappa shape index (κ2) is 5.88. The average Bonchev–Trinajstić information content (AvgIpc) is 2.46. The average molecular weight is 242 g/mol. The molecule has 0 unspecified atom stereocenters. The van der Waals surface area contributed by atoms with E-state index in [0.717, 1.165) is 11.3 Å². The largest absolute Gasteiger partial charge is 0.349 e. The van der Waals surface area contributed by atoms with Crippen LogP contribution in [0.4, 0.5) is 0 Å². The standard InChI is InChI=1S/C13H14N4O/c14-12(10-4-2-1-3-5-10)13(18)16-8-11-6-7-15-9-17-11/h1-7,9,12H,8,14H2,(H,16,18)/t12-/m0/s1. The molecule has 2 aromatic rings. The third-order valence-electron chi connectivity index (χ3n) is 2.53. The van der Waals surface area contributed by atoms with Gasteiger partial charge in [-0.2, -0.15) is 0 Å². The second-order valence-electron chi connectivity index (χ2n) is 3.81. The lowest BCUT2D eigenvalue weighted by Crippen LogP contribution is -2.33. The minimum Gasteiger partial charge on any atom is -0.349 e. The monoisotopic (exact) mass is 242 g/mol. The zero-order valence-electron chi connectivity index (χ0n) is 9.78. The molecule has 0 bridgehead atoms. The van der Waals surface area contributed by atoms with Crippen LogP contribution in [0.15, 0.2) is 48.9 Å². The van der Waals surface area contributed by atoms with Crippen LogP contribution >= 0.6 is 0 Å². The van der Waals surface area contributed by atoms with Crippen LogP contribution in [0.5, 0.6) is 0 Å². The van der Waals surface area contributed by atoms with E-state index >= 15 is 0 Å². The maximum Gasteiger partial charge on any atom is 0.241 e. The summed E-state index contributed by atoms with van der Waals surface area (Å²) in [5.74, 6) is -0.222. The van der Waals surface area contributed by atoms with Crippen LogP contribution in [-0.2, 0) is 11.3 Å². The summed E-state index contributed by atoms with van der Waals surface area (Å²) >= 11 is 0. The summed E-state index contributed by atoms with van der Waals surface area (Å²) in [6, 6.07) is 10.3.